The van der Waals surface area contributed by atoms with Gasteiger partial charge in [-0.15, -0.1) is 0 Å². The molecule has 1 aromatic carbocycles. The van der Waals surface area contributed by atoms with Crippen molar-refractivity contribution in [3.8, 4) is 11.6 Å². The smallest absolute Gasteiger partial charge is 0.344 e. The lowest BCUT2D eigenvalue weighted by Crippen LogP contribution is -2.48. The van der Waals surface area contributed by atoms with Crippen LogP contribution in [0.25, 0.3) is 0 Å². The van der Waals surface area contributed by atoms with Gasteiger partial charge in [0.2, 0.25) is 5.88 Å². The molecule has 1 amide bonds. The van der Waals surface area contributed by atoms with E-state index in [1.54, 1.807) is 37.4 Å². The molecule has 0 radical (unpaired) electrons. The van der Waals surface area contributed by atoms with E-state index in [2.05, 4.69) is 11.9 Å². The van der Waals surface area contributed by atoms with E-state index in [1.807, 2.05) is 23.1 Å². The van der Waals surface area contributed by atoms with Gasteiger partial charge in [0.15, 0.2) is 6.10 Å². The molecule has 0 N–H and O–H groups in total. The van der Waals surface area contributed by atoms with Crippen LogP contribution in [0.2, 0.25) is 0 Å². The first-order valence-electron chi connectivity index (χ1n) is 9.79. The molecule has 28 heavy (non-hydrogen) atoms. The van der Waals surface area contributed by atoms with Gasteiger partial charge in [0, 0.05) is 18.8 Å². The van der Waals surface area contributed by atoms with Crippen LogP contribution >= 0.6 is 0 Å². The molecule has 0 aliphatic carbocycles. The van der Waals surface area contributed by atoms with Gasteiger partial charge >= 0.3 is 5.97 Å². The maximum absolute atomic E-state index is 12.8. The van der Waals surface area contributed by atoms with Crippen molar-refractivity contribution in [3.63, 3.8) is 0 Å². The van der Waals surface area contributed by atoms with Crippen molar-refractivity contribution in [1.82, 2.24) is 9.88 Å². The first-order valence-corrected chi connectivity index (χ1v) is 9.79. The second-order valence-electron chi connectivity index (χ2n) is 6.91. The Balaban J connectivity index is 1.69. The largest absolute Gasteiger partial charge is 0.449 e. The van der Waals surface area contributed by atoms with Gasteiger partial charge < -0.3 is 14.4 Å². The summed E-state index contributed by atoms with van der Waals surface area (Å²) in [6.45, 7) is 4.42. The number of hydrogen-bond acceptors (Lipinski definition) is 5. The number of hydrogen-bond donors (Lipinski definition) is 0. The highest BCUT2D eigenvalue weighted by Gasteiger charge is 2.31. The number of carbonyl (C=O) groups is 2. The summed E-state index contributed by atoms with van der Waals surface area (Å²) in [6, 6.07) is 12.5. The van der Waals surface area contributed by atoms with E-state index in [9.17, 15) is 9.59 Å². The second-order valence-corrected chi connectivity index (χ2v) is 6.91. The molecule has 2 atom stereocenters. The van der Waals surface area contributed by atoms with Crippen molar-refractivity contribution in [1.29, 1.82) is 0 Å². The van der Waals surface area contributed by atoms with E-state index in [-0.39, 0.29) is 23.4 Å². The third-order valence-corrected chi connectivity index (χ3v) is 4.96. The molecule has 0 spiro atoms. The standard InChI is InChI=1S/C22H26N2O4/c1-3-17-10-7-8-15-24(17)21(25)16(2)27-22(26)19-13-9-14-23-20(19)28-18-11-5-4-6-12-18/h4-6,9,11-14,16-17H,3,7-8,10,15H2,1-2H3. The van der Waals surface area contributed by atoms with Crippen LogP contribution in [0.15, 0.2) is 48.7 Å². The van der Waals surface area contributed by atoms with Crippen LogP contribution in [-0.2, 0) is 9.53 Å². The fraction of sp³-hybridized carbons (Fsp3) is 0.409. The number of aromatic nitrogens is 1. The van der Waals surface area contributed by atoms with E-state index in [1.165, 1.54) is 0 Å². The van der Waals surface area contributed by atoms with E-state index in [4.69, 9.17) is 9.47 Å². The summed E-state index contributed by atoms with van der Waals surface area (Å²) in [7, 11) is 0. The number of carbonyl (C=O) groups excluding carboxylic acids is 2. The van der Waals surface area contributed by atoms with Gasteiger partial charge in [-0.2, -0.15) is 0 Å². The molecule has 1 saturated heterocycles. The quantitative estimate of drug-likeness (QED) is 0.700. The summed E-state index contributed by atoms with van der Waals surface area (Å²) in [4.78, 5) is 31.5. The number of para-hydroxylation sites is 1. The van der Waals surface area contributed by atoms with Crippen LogP contribution in [0.3, 0.4) is 0 Å². The highest BCUT2D eigenvalue weighted by atomic mass is 16.6. The topological polar surface area (TPSA) is 68.7 Å². The van der Waals surface area contributed by atoms with E-state index in [0.717, 1.165) is 25.7 Å². The van der Waals surface area contributed by atoms with Crippen LogP contribution in [0.5, 0.6) is 11.6 Å². The van der Waals surface area contributed by atoms with Gasteiger partial charge in [0.25, 0.3) is 5.91 Å². The fourth-order valence-electron chi connectivity index (χ4n) is 3.45. The molecule has 6 heteroatoms. The van der Waals surface area contributed by atoms with E-state index < -0.39 is 12.1 Å². The SMILES string of the molecule is CCC1CCCCN1C(=O)C(C)OC(=O)c1cccnc1Oc1ccccc1. The normalized spacial score (nSPS) is 17.6. The van der Waals surface area contributed by atoms with Crippen molar-refractivity contribution in [2.24, 2.45) is 0 Å². The van der Waals surface area contributed by atoms with Crippen molar-refractivity contribution >= 4 is 11.9 Å². The van der Waals surface area contributed by atoms with Gasteiger partial charge in [-0.05, 0) is 56.9 Å². The molecule has 2 unspecified atom stereocenters. The minimum Gasteiger partial charge on any atom is -0.449 e. The third-order valence-electron chi connectivity index (χ3n) is 4.96. The third kappa shape index (κ3) is 4.68. The van der Waals surface area contributed by atoms with Crippen LogP contribution in [0, 0.1) is 0 Å². The molecular formula is C22H26N2O4. The molecule has 2 heterocycles. The maximum atomic E-state index is 12.8. The molecule has 1 fully saturated rings. The molecule has 1 aliphatic heterocycles. The molecule has 1 aliphatic rings. The summed E-state index contributed by atoms with van der Waals surface area (Å²) in [6.07, 6.45) is 4.71. The number of pyridine rings is 1. The van der Waals surface area contributed by atoms with Crippen molar-refractivity contribution in [3.05, 3.63) is 54.2 Å². The first-order chi connectivity index (χ1) is 13.6. The van der Waals surface area contributed by atoms with Crippen molar-refractivity contribution < 1.29 is 19.1 Å². The van der Waals surface area contributed by atoms with Crippen LogP contribution in [0.4, 0.5) is 0 Å². The Morgan fingerprint density at radius 1 is 1.18 bits per heavy atom. The number of likely N-dealkylation sites (tertiary alicyclic amines) is 1. The van der Waals surface area contributed by atoms with Crippen LogP contribution < -0.4 is 4.74 Å². The van der Waals surface area contributed by atoms with E-state index >= 15 is 0 Å². The zero-order chi connectivity index (χ0) is 19.9. The van der Waals surface area contributed by atoms with Crippen molar-refractivity contribution in [2.45, 2.75) is 51.7 Å². The average molecular weight is 382 g/mol. The molecule has 0 saturated carbocycles. The van der Waals surface area contributed by atoms with Crippen LogP contribution in [0.1, 0.15) is 49.9 Å². The predicted octanol–water partition coefficient (Wildman–Crippen LogP) is 4.21. The number of benzene rings is 1. The van der Waals surface area contributed by atoms with Gasteiger partial charge in [0.05, 0.1) is 0 Å². The number of rotatable bonds is 6. The monoisotopic (exact) mass is 382 g/mol. The zero-order valence-electron chi connectivity index (χ0n) is 16.3. The highest BCUT2D eigenvalue weighted by Crippen LogP contribution is 2.24. The lowest BCUT2D eigenvalue weighted by molar-refractivity contribution is -0.143. The number of esters is 1. The molecule has 2 aromatic rings. The van der Waals surface area contributed by atoms with Crippen LogP contribution in [-0.4, -0.2) is 40.5 Å². The minimum atomic E-state index is -0.857. The maximum Gasteiger partial charge on any atom is 0.344 e. The number of nitrogens with zero attached hydrogens (tertiary/aromatic N) is 2. The summed E-state index contributed by atoms with van der Waals surface area (Å²) >= 11 is 0. The average Bonchev–Trinajstić information content (AvgIpc) is 2.74. The van der Waals surface area contributed by atoms with Gasteiger partial charge in [-0.25, -0.2) is 9.78 Å². The summed E-state index contributed by atoms with van der Waals surface area (Å²) in [5.74, 6) is -0.0412. The summed E-state index contributed by atoms with van der Waals surface area (Å²) in [5, 5.41) is 0. The zero-order valence-corrected chi connectivity index (χ0v) is 16.3. The minimum absolute atomic E-state index is 0.144. The Hall–Kier alpha value is -2.89. The first kappa shape index (κ1) is 19.9. The Kier molecular flexibility index (Phi) is 6.63. The molecule has 1 aromatic heterocycles. The lowest BCUT2D eigenvalue weighted by Gasteiger charge is -2.36. The van der Waals surface area contributed by atoms with Crippen molar-refractivity contribution in [2.75, 3.05) is 6.54 Å². The predicted molar refractivity (Wildman–Crippen MR) is 105 cm³/mol. The highest BCUT2D eigenvalue weighted by molar-refractivity contribution is 5.94. The van der Waals surface area contributed by atoms with Gasteiger partial charge in [0.1, 0.15) is 11.3 Å². The molecule has 3 rings (SSSR count). The lowest BCUT2D eigenvalue weighted by atomic mass is 9.99. The molecule has 148 valence electrons. The molecule has 6 nitrogen and oxygen atoms in total. The molecular weight excluding hydrogens is 356 g/mol. The summed E-state index contributed by atoms with van der Waals surface area (Å²) < 4.78 is 11.2. The summed E-state index contributed by atoms with van der Waals surface area (Å²) in [5.41, 5.74) is 0.191. The van der Waals surface area contributed by atoms with E-state index in [0.29, 0.717) is 12.3 Å². The Labute approximate surface area is 165 Å². The molecule has 0 bridgehead atoms. The Morgan fingerprint density at radius 3 is 2.71 bits per heavy atom. The Bertz CT molecular complexity index is 809. The van der Waals surface area contributed by atoms with Gasteiger partial charge in [-0.3, -0.25) is 4.79 Å². The number of piperidine rings is 1. The fourth-order valence-corrected chi connectivity index (χ4v) is 3.45. The Morgan fingerprint density at radius 2 is 1.96 bits per heavy atom. The van der Waals surface area contributed by atoms with Gasteiger partial charge in [-0.1, -0.05) is 25.1 Å². The number of amides is 1. The second kappa shape index (κ2) is 9.35. The number of ether oxygens (including phenoxy) is 2.